The van der Waals surface area contributed by atoms with Crippen molar-refractivity contribution >= 4 is 44.4 Å². The number of hydrogen-bond acceptors (Lipinski definition) is 8. The van der Waals surface area contributed by atoms with Crippen LogP contribution in [-0.2, 0) is 0 Å². The summed E-state index contributed by atoms with van der Waals surface area (Å²) in [5, 5.41) is 12.7. The molecule has 0 aliphatic heterocycles. The molecule has 0 bridgehead atoms. The summed E-state index contributed by atoms with van der Waals surface area (Å²) in [5.74, 6) is 5.05. The summed E-state index contributed by atoms with van der Waals surface area (Å²) in [7, 11) is 6.63. The molecule has 56 heavy (non-hydrogen) atoms. The summed E-state index contributed by atoms with van der Waals surface area (Å²) in [6, 6.07) is 27.9. The monoisotopic (exact) mass is 766 g/mol. The molecule has 6 aromatic heterocycles. The van der Waals surface area contributed by atoms with Crippen LogP contribution in [0.2, 0.25) is 5.02 Å². The summed E-state index contributed by atoms with van der Waals surface area (Å²) in [6.07, 6.45) is 0. The van der Waals surface area contributed by atoms with Gasteiger partial charge in [-0.2, -0.15) is 10.2 Å². The molecule has 0 fully saturated rings. The molecule has 0 saturated heterocycles. The van der Waals surface area contributed by atoms with E-state index in [-0.39, 0.29) is 5.92 Å². The van der Waals surface area contributed by atoms with Crippen LogP contribution < -0.4 is 18.9 Å². The first-order valence-corrected chi connectivity index (χ1v) is 18.6. The van der Waals surface area contributed by atoms with Gasteiger partial charge in [0.05, 0.1) is 61.4 Å². The largest absolute Gasteiger partial charge is 0.496 e. The minimum atomic E-state index is -0.379. The van der Waals surface area contributed by atoms with Crippen LogP contribution in [0, 0.1) is 27.7 Å². The first-order valence-electron chi connectivity index (χ1n) is 18.2. The average Bonchev–Trinajstić information content (AvgIpc) is 3.99. The van der Waals surface area contributed by atoms with Crippen molar-refractivity contribution in [1.29, 1.82) is 0 Å². The highest BCUT2D eigenvalue weighted by molar-refractivity contribution is 6.30. The van der Waals surface area contributed by atoms with Crippen LogP contribution in [0.15, 0.2) is 93.8 Å². The van der Waals surface area contributed by atoms with Crippen LogP contribution in [-0.4, -0.2) is 47.7 Å². The van der Waals surface area contributed by atoms with E-state index in [1.807, 2.05) is 83.5 Å². The Balaban J connectivity index is 1.49. The molecule has 9 rings (SSSR count). The lowest BCUT2D eigenvalue weighted by Crippen LogP contribution is -2.07. The van der Waals surface area contributed by atoms with Crippen LogP contribution in [0.3, 0.4) is 0 Å². The molecule has 0 amide bonds. The zero-order valence-electron chi connectivity index (χ0n) is 32.3. The van der Waals surface area contributed by atoms with E-state index in [0.717, 1.165) is 72.5 Å². The highest BCUT2D eigenvalue weighted by atomic mass is 35.5. The lowest BCUT2D eigenvalue weighted by Gasteiger charge is -2.21. The van der Waals surface area contributed by atoms with Gasteiger partial charge >= 0.3 is 0 Å². The van der Waals surface area contributed by atoms with Crippen molar-refractivity contribution in [2.24, 2.45) is 0 Å². The van der Waals surface area contributed by atoms with Crippen molar-refractivity contribution in [1.82, 2.24) is 19.2 Å². The Hall–Kier alpha value is -6.39. The van der Waals surface area contributed by atoms with Gasteiger partial charge in [-0.25, -0.2) is 9.03 Å². The fourth-order valence-electron chi connectivity index (χ4n) is 8.20. The van der Waals surface area contributed by atoms with Gasteiger partial charge in [0.1, 0.15) is 57.1 Å². The van der Waals surface area contributed by atoms with Crippen molar-refractivity contribution in [2.45, 2.75) is 33.6 Å². The van der Waals surface area contributed by atoms with E-state index >= 15 is 0 Å². The topological polar surface area (TPSA) is 97.8 Å². The molecule has 9 aromatic rings. The van der Waals surface area contributed by atoms with Crippen molar-refractivity contribution < 1.29 is 27.8 Å². The number of furan rings is 2. The van der Waals surface area contributed by atoms with Gasteiger partial charge in [0.2, 0.25) is 0 Å². The second-order valence-corrected chi connectivity index (χ2v) is 14.4. The van der Waals surface area contributed by atoms with Gasteiger partial charge in [-0.3, -0.25) is 0 Å². The van der Waals surface area contributed by atoms with Crippen molar-refractivity contribution in [3.05, 3.63) is 130 Å². The molecule has 6 heterocycles. The van der Waals surface area contributed by atoms with Crippen molar-refractivity contribution in [3.8, 4) is 45.6 Å². The van der Waals surface area contributed by atoms with Gasteiger partial charge in [0.25, 0.3) is 0 Å². The summed E-state index contributed by atoms with van der Waals surface area (Å²) in [4.78, 5) is 0. The van der Waals surface area contributed by atoms with E-state index < -0.39 is 0 Å². The second-order valence-electron chi connectivity index (χ2n) is 13.9. The molecule has 0 unspecified atom stereocenters. The zero-order valence-corrected chi connectivity index (χ0v) is 33.0. The first-order chi connectivity index (χ1) is 27.1. The third-order valence-electron chi connectivity index (χ3n) is 10.6. The molecule has 0 N–H and O–H groups in total. The molecule has 282 valence electrons. The van der Waals surface area contributed by atoms with Gasteiger partial charge in [0.15, 0.2) is 0 Å². The molecule has 11 heteroatoms. The molecule has 10 nitrogen and oxygen atoms in total. The number of benzene rings is 3. The Bertz CT molecular complexity index is 2810. The number of halogens is 1. The van der Waals surface area contributed by atoms with Gasteiger partial charge in [0, 0.05) is 22.3 Å². The van der Waals surface area contributed by atoms with E-state index in [1.165, 1.54) is 0 Å². The second kappa shape index (κ2) is 13.4. The fraction of sp³-hybridized carbons (Fsp3) is 0.200. The Labute approximate surface area is 327 Å². The van der Waals surface area contributed by atoms with Crippen LogP contribution in [0.5, 0.6) is 23.0 Å². The smallest absolute Gasteiger partial charge is 0.147 e. The van der Waals surface area contributed by atoms with Crippen molar-refractivity contribution in [3.63, 3.8) is 0 Å². The highest BCUT2D eigenvalue weighted by Gasteiger charge is 2.33. The zero-order chi connectivity index (χ0) is 39.0. The van der Waals surface area contributed by atoms with Crippen LogP contribution in [0.25, 0.3) is 55.5 Å². The van der Waals surface area contributed by atoms with E-state index in [1.54, 1.807) is 28.4 Å². The quantitative estimate of drug-likeness (QED) is 0.143. The standard InChI is InChI=1S/C45H39ClN4O6/c1-23-21-29(44-40(33-15-9-25(3)55-33)38-31(51-5)17-19-35(53-7)42(38)47-49(23)44)37(27-11-13-28(46)14-12-27)30-22-24(2)50-45(30)41(34-16-10-26(4)56-34)39-32(52-6)18-20-36(54-8)43(39)48-50/h9-22,37H,1-8H3. The Kier molecular flexibility index (Phi) is 8.46. The fourth-order valence-corrected chi connectivity index (χ4v) is 8.33. The predicted molar refractivity (Wildman–Crippen MR) is 218 cm³/mol. The first kappa shape index (κ1) is 35.3. The Morgan fingerprint density at radius 3 is 1.32 bits per heavy atom. The molecule has 0 aliphatic carbocycles. The molecule has 0 atom stereocenters. The van der Waals surface area contributed by atoms with Gasteiger partial charge in [-0.1, -0.05) is 23.7 Å². The predicted octanol–water partition coefficient (Wildman–Crippen LogP) is 10.9. The van der Waals surface area contributed by atoms with Crippen LogP contribution >= 0.6 is 11.6 Å². The SMILES string of the molecule is COc1ccc(OC)c2c(-c3ccc(C)o3)c3c(C(c4ccc(Cl)cc4)c4cc(C)n5nc6c(OC)ccc(OC)c6c(-c6ccc(C)o6)c45)cc(C)n3nc12. The normalized spacial score (nSPS) is 11.8. The molecular weight excluding hydrogens is 728 g/mol. The third kappa shape index (κ3) is 5.31. The minimum absolute atomic E-state index is 0.379. The molecule has 0 radical (unpaired) electrons. The maximum Gasteiger partial charge on any atom is 0.147 e. The lowest BCUT2D eigenvalue weighted by molar-refractivity contribution is 0.409. The Morgan fingerprint density at radius 2 is 0.946 bits per heavy atom. The van der Waals surface area contributed by atoms with Crippen molar-refractivity contribution in [2.75, 3.05) is 28.4 Å². The summed E-state index contributed by atoms with van der Waals surface area (Å²) in [6.45, 7) is 8.00. The number of nitrogens with zero attached hydrogens (tertiary/aromatic N) is 4. The number of aromatic nitrogens is 4. The van der Waals surface area contributed by atoms with E-state index in [9.17, 15) is 0 Å². The maximum absolute atomic E-state index is 6.57. The number of aryl methyl sites for hydroxylation is 4. The van der Waals surface area contributed by atoms with Gasteiger partial charge < -0.3 is 27.8 Å². The van der Waals surface area contributed by atoms with E-state index in [4.69, 9.17) is 49.6 Å². The third-order valence-corrected chi connectivity index (χ3v) is 10.9. The molecule has 0 saturated carbocycles. The van der Waals surface area contributed by atoms with Crippen LogP contribution in [0.4, 0.5) is 0 Å². The maximum atomic E-state index is 6.57. The summed E-state index contributed by atoms with van der Waals surface area (Å²) >= 11 is 6.57. The summed E-state index contributed by atoms with van der Waals surface area (Å²) in [5.41, 5.74) is 9.49. The minimum Gasteiger partial charge on any atom is -0.496 e. The number of hydrogen-bond donors (Lipinski definition) is 0. The highest BCUT2D eigenvalue weighted by Crippen LogP contribution is 2.50. The Morgan fingerprint density at radius 1 is 0.536 bits per heavy atom. The summed E-state index contributed by atoms with van der Waals surface area (Å²) < 4.78 is 40.8. The number of methoxy groups -OCH3 is 4. The van der Waals surface area contributed by atoms with E-state index in [0.29, 0.717) is 50.6 Å². The average molecular weight is 767 g/mol. The number of ether oxygens (including phenoxy) is 4. The van der Waals surface area contributed by atoms with Gasteiger partial charge in [-0.05, 0) is 117 Å². The molecule has 0 aliphatic rings. The van der Waals surface area contributed by atoms with Crippen LogP contribution in [0.1, 0.15) is 45.5 Å². The molecule has 0 spiro atoms. The molecular formula is C45H39ClN4O6. The van der Waals surface area contributed by atoms with Gasteiger partial charge in [-0.15, -0.1) is 0 Å². The lowest BCUT2D eigenvalue weighted by atomic mass is 9.83. The van der Waals surface area contributed by atoms with E-state index in [2.05, 4.69) is 38.1 Å². The number of fused-ring (bicyclic) bond motifs is 4. The molecule has 3 aromatic carbocycles. The number of rotatable bonds is 9.